The molecule has 0 spiro atoms. The normalized spacial score (nSPS) is 10.6. The number of carbonyl (C=O) groups excluding carboxylic acids is 1. The van der Waals surface area contributed by atoms with E-state index >= 15 is 0 Å². The van der Waals surface area contributed by atoms with Crippen LogP contribution in [0.3, 0.4) is 0 Å². The first kappa shape index (κ1) is 20.1. The van der Waals surface area contributed by atoms with Gasteiger partial charge in [-0.2, -0.15) is 8.78 Å². The van der Waals surface area contributed by atoms with Crippen LogP contribution in [0.5, 0.6) is 5.75 Å². The molecule has 2 amide bonds. The second kappa shape index (κ2) is 9.49. The molecule has 3 rings (SSSR count). The van der Waals surface area contributed by atoms with E-state index in [1.54, 1.807) is 13.0 Å². The maximum absolute atomic E-state index is 12.3. The van der Waals surface area contributed by atoms with E-state index in [-0.39, 0.29) is 5.75 Å². The lowest BCUT2D eigenvalue weighted by molar-refractivity contribution is -0.0497. The predicted molar refractivity (Wildman–Crippen MR) is 105 cm³/mol. The number of aryl methyl sites for hydroxylation is 1. The summed E-state index contributed by atoms with van der Waals surface area (Å²) in [5.41, 5.74) is 0.344. The van der Waals surface area contributed by atoms with Crippen molar-refractivity contribution in [1.82, 2.24) is 19.9 Å². The van der Waals surface area contributed by atoms with E-state index in [1.165, 1.54) is 18.2 Å². The van der Waals surface area contributed by atoms with Crippen LogP contribution < -0.4 is 20.7 Å². The molecule has 2 aromatic heterocycles. The Morgan fingerprint density at radius 1 is 1.14 bits per heavy atom. The SMILES string of the molecule is Cc1nc(NCCNC(=O)Nc2cccc(OC(F)F)c2)cc(-n2cccc2)n1. The highest BCUT2D eigenvalue weighted by Gasteiger charge is 2.07. The van der Waals surface area contributed by atoms with E-state index in [4.69, 9.17) is 0 Å². The molecule has 1 aromatic carbocycles. The first-order valence-corrected chi connectivity index (χ1v) is 8.82. The fourth-order valence-corrected chi connectivity index (χ4v) is 2.55. The second-order valence-electron chi connectivity index (χ2n) is 5.96. The molecule has 8 nitrogen and oxygen atoms in total. The minimum Gasteiger partial charge on any atom is -0.435 e. The molecule has 0 radical (unpaired) electrons. The number of nitrogens with zero attached hydrogens (tertiary/aromatic N) is 3. The lowest BCUT2D eigenvalue weighted by Gasteiger charge is -2.11. The number of rotatable bonds is 8. The zero-order valence-electron chi connectivity index (χ0n) is 15.6. The molecule has 0 fully saturated rings. The molecule has 3 aromatic rings. The molecule has 0 saturated heterocycles. The van der Waals surface area contributed by atoms with Gasteiger partial charge in [-0.15, -0.1) is 0 Å². The number of alkyl halides is 2. The highest BCUT2D eigenvalue weighted by Crippen LogP contribution is 2.19. The molecular formula is C19H20F2N6O2. The highest BCUT2D eigenvalue weighted by molar-refractivity contribution is 5.89. The van der Waals surface area contributed by atoms with Gasteiger partial charge in [0, 0.05) is 43.3 Å². The van der Waals surface area contributed by atoms with Crippen molar-refractivity contribution in [3.8, 4) is 11.6 Å². The average Bonchev–Trinajstić information content (AvgIpc) is 3.19. The van der Waals surface area contributed by atoms with Crippen molar-refractivity contribution in [2.75, 3.05) is 23.7 Å². The average molecular weight is 402 g/mol. The van der Waals surface area contributed by atoms with E-state index in [0.717, 1.165) is 5.82 Å². The lowest BCUT2D eigenvalue weighted by atomic mass is 10.3. The van der Waals surface area contributed by atoms with Crippen molar-refractivity contribution in [2.45, 2.75) is 13.5 Å². The van der Waals surface area contributed by atoms with Crippen molar-refractivity contribution in [3.63, 3.8) is 0 Å². The number of ether oxygens (including phenoxy) is 1. The molecule has 10 heteroatoms. The zero-order chi connectivity index (χ0) is 20.6. The van der Waals surface area contributed by atoms with Crippen LogP contribution in [0.1, 0.15) is 5.82 Å². The molecule has 0 saturated carbocycles. The summed E-state index contributed by atoms with van der Waals surface area (Å²) in [5, 5.41) is 8.36. The monoisotopic (exact) mass is 402 g/mol. The summed E-state index contributed by atoms with van der Waals surface area (Å²) < 4.78 is 30.7. The number of nitrogens with one attached hydrogen (secondary N) is 3. The number of halogens is 2. The fraction of sp³-hybridized carbons (Fsp3) is 0.211. The predicted octanol–water partition coefficient (Wildman–Crippen LogP) is 3.41. The van der Waals surface area contributed by atoms with Gasteiger partial charge in [0.05, 0.1) is 0 Å². The summed E-state index contributed by atoms with van der Waals surface area (Å²) in [5.74, 6) is 1.97. The van der Waals surface area contributed by atoms with Crippen molar-refractivity contribution in [2.24, 2.45) is 0 Å². The Bertz CT molecular complexity index is 950. The van der Waals surface area contributed by atoms with E-state index < -0.39 is 12.6 Å². The number of aromatic nitrogens is 3. The van der Waals surface area contributed by atoms with E-state index in [0.29, 0.717) is 30.4 Å². The van der Waals surface area contributed by atoms with Gasteiger partial charge in [-0.3, -0.25) is 0 Å². The number of carbonyl (C=O) groups is 1. The molecule has 0 unspecified atom stereocenters. The number of benzene rings is 1. The molecule has 29 heavy (non-hydrogen) atoms. The number of hydrogen-bond donors (Lipinski definition) is 3. The summed E-state index contributed by atoms with van der Waals surface area (Å²) in [6.07, 6.45) is 3.78. The Labute approximate surface area is 165 Å². The standard InChI is InChI=1S/C19H20F2N6O2/c1-13-24-16(12-17(25-13)27-9-2-3-10-27)22-7-8-23-19(28)26-14-5-4-6-15(11-14)29-18(20)21/h2-6,9-12,18H,7-8H2,1H3,(H,22,24,25)(H2,23,26,28). The summed E-state index contributed by atoms with van der Waals surface area (Å²) in [7, 11) is 0. The molecule has 152 valence electrons. The van der Waals surface area contributed by atoms with Crippen LogP contribution in [-0.4, -0.2) is 40.3 Å². The van der Waals surface area contributed by atoms with E-state index in [9.17, 15) is 13.6 Å². The van der Waals surface area contributed by atoms with Crippen LogP contribution in [-0.2, 0) is 0 Å². The molecular weight excluding hydrogens is 382 g/mol. The van der Waals surface area contributed by atoms with Crippen LogP contribution in [0, 0.1) is 6.92 Å². The topological polar surface area (TPSA) is 93.1 Å². The largest absolute Gasteiger partial charge is 0.435 e. The summed E-state index contributed by atoms with van der Waals surface area (Å²) in [4.78, 5) is 20.7. The van der Waals surface area contributed by atoms with Gasteiger partial charge in [0.15, 0.2) is 0 Å². The third kappa shape index (κ3) is 6.16. The number of hydrogen-bond acceptors (Lipinski definition) is 5. The van der Waals surface area contributed by atoms with Crippen molar-refractivity contribution in [3.05, 3.63) is 60.7 Å². The van der Waals surface area contributed by atoms with Crippen LogP contribution in [0.15, 0.2) is 54.9 Å². The van der Waals surface area contributed by atoms with E-state index in [2.05, 4.69) is 30.7 Å². The quantitative estimate of drug-likeness (QED) is 0.502. The van der Waals surface area contributed by atoms with Gasteiger partial charge >= 0.3 is 12.6 Å². The van der Waals surface area contributed by atoms with Crippen molar-refractivity contribution in [1.29, 1.82) is 0 Å². The Balaban J connectivity index is 1.46. The maximum Gasteiger partial charge on any atom is 0.387 e. The van der Waals surface area contributed by atoms with Crippen LogP contribution in [0.2, 0.25) is 0 Å². The first-order chi connectivity index (χ1) is 14.0. The number of anilines is 2. The van der Waals surface area contributed by atoms with Crippen molar-refractivity contribution < 1.29 is 18.3 Å². The van der Waals surface area contributed by atoms with Gasteiger partial charge in [-0.1, -0.05) is 6.07 Å². The van der Waals surface area contributed by atoms with Crippen LogP contribution >= 0.6 is 0 Å². The molecule has 0 bridgehead atoms. The molecule has 2 heterocycles. The maximum atomic E-state index is 12.3. The number of urea groups is 1. The smallest absolute Gasteiger partial charge is 0.387 e. The van der Waals surface area contributed by atoms with Crippen LogP contribution in [0.4, 0.5) is 25.1 Å². The molecule has 0 atom stereocenters. The zero-order valence-corrected chi connectivity index (χ0v) is 15.6. The molecule has 0 aliphatic carbocycles. The van der Waals surface area contributed by atoms with E-state index in [1.807, 2.05) is 35.2 Å². The highest BCUT2D eigenvalue weighted by atomic mass is 19.3. The third-order valence-electron chi connectivity index (χ3n) is 3.73. The minimum atomic E-state index is -2.92. The van der Waals surface area contributed by atoms with Crippen molar-refractivity contribution >= 4 is 17.5 Å². The molecule has 0 aliphatic heterocycles. The van der Waals surface area contributed by atoms with Gasteiger partial charge in [-0.05, 0) is 31.2 Å². The second-order valence-corrected chi connectivity index (χ2v) is 5.96. The van der Waals surface area contributed by atoms with Gasteiger partial charge < -0.3 is 25.3 Å². The summed E-state index contributed by atoms with van der Waals surface area (Å²) in [6, 6.07) is 10.9. The van der Waals surface area contributed by atoms with Gasteiger partial charge in [-0.25, -0.2) is 14.8 Å². The Morgan fingerprint density at radius 3 is 2.69 bits per heavy atom. The third-order valence-corrected chi connectivity index (χ3v) is 3.73. The van der Waals surface area contributed by atoms with Gasteiger partial charge in [0.25, 0.3) is 0 Å². The minimum absolute atomic E-state index is 0.0305. The molecule has 0 aliphatic rings. The Kier molecular flexibility index (Phi) is 6.56. The van der Waals surface area contributed by atoms with Crippen LogP contribution in [0.25, 0.3) is 5.82 Å². The summed E-state index contributed by atoms with van der Waals surface area (Å²) in [6.45, 7) is -0.367. The Morgan fingerprint density at radius 2 is 1.93 bits per heavy atom. The molecule has 3 N–H and O–H groups in total. The summed E-state index contributed by atoms with van der Waals surface area (Å²) >= 11 is 0. The number of amides is 2. The lowest BCUT2D eigenvalue weighted by Crippen LogP contribution is -2.32. The fourth-order valence-electron chi connectivity index (χ4n) is 2.55. The first-order valence-electron chi connectivity index (χ1n) is 8.82. The van der Waals surface area contributed by atoms with Gasteiger partial charge in [0.2, 0.25) is 0 Å². The van der Waals surface area contributed by atoms with Gasteiger partial charge in [0.1, 0.15) is 23.2 Å². The Hall–Kier alpha value is -3.69.